The summed E-state index contributed by atoms with van der Waals surface area (Å²) in [5, 5.41) is 14.1. The molecule has 1 aliphatic heterocycles. The topological polar surface area (TPSA) is 43.8 Å². The highest BCUT2D eigenvalue weighted by Gasteiger charge is 2.30. The molecule has 0 saturated carbocycles. The van der Waals surface area contributed by atoms with E-state index in [9.17, 15) is 9.90 Å². The maximum absolute atomic E-state index is 11.6. The van der Waals surface area contributed by atoms with Crippen LogP contribution in [0.4, 0.5) is 5.69 Å². The predicted octanol–water partition coefficient (Wildman–Crippen LogP) is 3.35. The van der Waals surface area contributed by atoms with Crippen molar-refractivity contribution in [3.8, 4) is 0 Å². The van der Waals surface area contributed by atoms with Gasteiger partial charge >= 0.3 is 5.97 Å². The summed E-state index contributed by atoms with van der Waals surface area (Å²) in [4.78, 5) is 15.9. The molecule has 1 saturated heterocycles. The summed E-state index contributed by atoms with van der Waals surface area (Å²) in [7, 11) is 0. The summed E-state index contributed by atoms with van der Waals surface area (Å²) in [5.74, 6) is -0.779. The minimum absolute atomic E-state index is 0.543. The van der Waals surface area contributed by atoms with Gasteiger partial charge in [0.2, 0.25) is 0 Å². The fraction of sp³-hybridized carbons (Fsp3) is 0.312. The standard InChI is InChI=1S/C16H17ClN2O2S/c17-13-1-3-14(4-2-13)18-6-8-19(9-7-18)15(16(20)21)12-5-10-22-11-12/h1-5,10-11,15H,6-9H2,(H,20,21). The molecule has 2 aromatic rings. The number of carboxylic acid groups (broad SMARTS) is 1. The van der Waals surface area contributed by atoms with Gasteiger partial charge in [-0.25, -0.2) is 0 Å². The van der Waals surface area contributed by atoms with Gasteiger partial charge in [-0.3, -0.25) is 9.69 Å². The second kappa shape index (κ2) is 6.69. The number of piperazine rings is 1. The molecule has 6 heteroatoms. The molecule has 1 fully saturated rings. The zero-order valence-corrected chi connectivity index (χ0v) is 13.6. The summed E-state index contributed by atoms with van der Waals surface area (Å²) in [6.45, 7) is 3.09. The summed E-state index contributed by atoms with van der Waals surface area (Å²) >= 11 is 7.45. The first kappa shape index (κ1) is 15.3. The van der Waals surface area contributed by atoms with Gasteiger partial charge in [0.05, 0.1) is 0 Å². The molecule has 1 N–H and O–H groups in total. The number of nitrogens with zero attached hydrogens (tertiary/aromatic N) is 2. The highest BCUT2D eigenvalue weighted by molar-refractivity contribution is 7.08. The van der Waals surface area contributed by atoms with E-state index in [4.69, 9.17) is 11.6 Å². The van der Waals surface area contributed by atoms with Crippen LogP contribution < -0.4 is 4.90 Å². The first-order valence-electron chi connectivity index (χ1n) is 7.14. The van der Waals surface area contributed by atoms with Crippen molar-refractivity contribution in [3.05, 3.63) is 51.7 Å². The van der Waals surface area contributed by atoms with Crippen molar-refractivity contribution in [1.82, 2.24) is 4.90 Å². The van der Waals surface area contributed by atoms with Crippen LogP contribution in [0, 0.1) is 0 Å². The quantitative estimate of drug-likeness (QED) is 0.930. The van der Waals surface area contributed by atoms with Gasteiger partial charge in [-0.2, -0.15) is 11.3 Å². The van der Waals surface area contributed by atoms with E-state index >= 15 is 0 Å². The van der Waals surface area contributed by atoms with Crippen LogP contribution in [0.2, 0.25) is 5.02 Å². The third kappa shape index (κ3) is 3.27. The van der Waals surface area contributed by atoms with Crippen molar-refractivity contribution in [2.24, 2.45) is 0 Å². The molecule has 2 heterocycles. The number of carbonyl (C=O) groups is 1. The van der Waals surface area contributed by atoms with E-state index in [-0.39, 0.29) is 0 Å². The average Bonchev–Trinajstić information content (AvgIpc) is 3.03. The number of thiophene rings is 1. The highest BCUT2D eigenvalue weighted by Crippen LogP contribution is 2.26. The van der Waals surface area contributed by atoms with E-state index < -0.39 is 12.0 Å². The van der Waals surface area contributed by atoms with Crippen LogP contribution in [-0.2, 0) is 4.79 Å². The molecule has 116 valence electrons. The second-order valence-corrected chi connectivity index (χ2v) is 6.51. The highest BCUT2D eigenvalue weighted by atomic mass is 35.5. The number of aliphatic carboxylic acids is 1. The largest absolute Gasteiger partial charge is 0.480 e. The molecule has 1 aliphatic rings. The number of benzene rings is 1. The van der Waals surface area contributed by atoms with Crippen molar-refractivity contribution in [3.63, 3.8) is 0 Å². The normalized spacial score (nSPS) is 17.4. The Morgan fingerprint density at radius 1 is 1.14 bits per heavy atom. The lowest BCUT2D eigenvalue weighted by atomic mass is 10.1. The van der Waals surface area contributed by atoms with Crippen LogP contribution in [0.25, 0.3) is 0 Å². The fourth-order valence-corrected chi connectivity index (χ4v) is 3.64. The molecule has 3 rings (SSSR count). The van der Waals surface area contributed by atoms with Gasteiger partial charge in [-0.05, 0) is 46.7 Å². The van der Waals surface area contributed by atoms with E-state index in [0.29, 0.717) is 0 Å². The van der Waals surface area contributed by atoms with Gasteiger partial charge in [0.25, 0.3) is 0 Å². The van der Waals surface area contributed by atoms with E-state index in [0.717, 1.165) is 42.5 Å². The van der Waals surface area contributed by atoms with Crippen LogP contribution in [0.3, 0.4) is 0 Å². The molecule has 0 bridgehead atoms. The molecule has 1 aromatic heterocycles. The van der Waals surface area contributed by atoms with Crippen LogP contribution in [0.5, 0.6) is 0 Å². The lowest BCUT2D eigenvalue weighted by Gasteiger charge is -2.38. The Morgan fingerprint density at radius 3 is 2.36 bits per heavy atom. The number of carboxylic acids is 1. The minimum Gasteiger partial charge on any atom is -0.480 e. The van der Waals surface area contributed by atoms with Crippen LogP contribution >= 0.6 is 22.9 Å². The maximum Gasteiger partial charge on any atom is 0.325 e. The van der Waals surface area contributed by atoms with Crippen LogP contribution in [0.1, 0.15) is 11.6 Å². The summed E-state index contributed by atoms with van der Waals surface area (Å²) in [5.41, 5.74) is 2.00. The third-order valence-corrected chi connectivity index (χ3v) is 4.92. The molecule has 4 nitrogen and oxygen atoms in total. The van der Waals surface area contributed by atoms with E-state index in [1.165, 1.54) is 11.3 Å². The van der Waals surface area contributed by atoms with Crippen LogP contribution in [-0.4, -0.2) is 42.2 Å². The molecule has 1 unspecified atom stereocenters. The number of hydrogen-bond donors (Lipinski definition) is 1. The molecule has 0 spiro atoms. The Bertz CT molecular complexity index is 622. The molecule has 0 radical (unpaired) electrons. The summed E-state index contributed by atoms with van der Waals surface area (Å²) in [6.07, 6.45) is 0. The van der Waals surface area contributed by atoms with Crippen molar-refractivity contribution < 1.29 is 9.90 Å². The van der Waals surface area contributed by atoms with Gasteiger partial charge < -0.3 is 10.0 Å². The molecule has 1 atom stereocenters. The first-order valence-corrected chi connectivity index (χ1v) is 8.47. The van der Waals surface area contributed by atoms with Gasteiger partial charge in [-0.1, -0.05) is 11.6 Å². The second-order valence-electron chi connectivity index (χ2n) is 5.30. The zero-order chi connectivity index (χ0) is 15.5. The Balaban J connectivity index is 1.68. The Hall–Kier alpha value is -1.56. The number of halogens is 1. The summed E-state index contributed by atoms with van der Waals surface area (Å²) in [6, 6.07) is 9.13. The lowest BCUT2D eigenvalue weighted by Crippen LogP contribution is -2.49. The number of hydrogen-bond acceptors (Lipinski definition) is 4. The van der Waals surface area contributed by atoms with Crippen molar-refractivity contribution >= 4 is 34.6 Å². The number of rotatable bonds is 4. The monoisotopic (exact) mass is 336 g/mol. The maximum atomic E-state index is 11.6. The van der Waals surface area contributed by atoms with Crippen molar-refractivity contribution in [1.29, 1.82) is 0 Å². The Morgan fingerprint density at radius 2 is 1.82 bits per heavy atom. The lowest BCUT2D eigenvalue weighted by molar-refractivity contribution is -0.143. The molecule has 0 aliphatic carbocycles. The predicted molar refractivity (Wildman–Crippen MR) is 89.9 cm³/mol. The van der Waals surface area contributed by atoms with Gasteiger partial charge in [-0.15, -0.1) is 0 Å². The van der Waals surface area contributed by atoms with Crippen molar-refractivity contribution in [2.75, 3.05) is 31.1 Å². The van der Waals surface area contributed by atoms with Crippen LogP contribution in [0.15, 0.2) is 41.1 Å². The van der Waals surface area contributed by atoms with E-state index in [2.05, 4.69) is 4.90 Å². The van der Waals surface area contributed by atoms with Crippen molar-refractivity contribution in [2.45, 2.75) is 6.04 Å². The van der Waals surface area contributed by atoms with Gasteiger partial charge in [0.1, 0.15) is 6.04 Å². The Kier molecular flexibility index (Phi) is 4.66. The summed E-state index contributed by atoms with van der Waals surface area (Å²) < 4.78 is 0. The molecule has 1 aromatic carbocycles. The molecule has 0 amide bonds. The smallest absolute Gasteiger partial charge is 0.325 e. The first-order chi connectivity index (χ1) is 10.6. The molecular formula is C16H17ClN2O2S. The van der Waals surface area contributed by atoms with Gasteiger partial charge in [0.15, 0.2) is 0 Å². The van der Waals surface area contributed by atoms with Gasteiger partial charge in [0, 0.05) is 36.9 Å². The Labute approximate surface area is 138 Å². The minimum atomic E-state index is -0.779. The zero-order valence-electron chi connectivity index (χ0n) is 12.0. The van der Waals surface area contributed by atoms with E-state index in [1.807, 2.05) is 46.0 Å². The molecular weight excluding hydrogens is 320 g/mol. The molecule has 22 heavy (non-hydrogen) atoms. The van der Waals surface area contributed by atoms with E-state index in [1.54, 1.807) is 0 Å². The third-order valence-electron chi connectivity index (χ3n) is 3.96. The average molecular weight is 337 g/mol. The number of anilines is 1. The fourth-order valence-electron chi connectivity index (χ4n) is 2.83. The SMILES string of the molecule is O=C(O)C(c1ccsc1)N1CCN(c2ccc(Cl)cc2)CC1.